The number of halogens is 2. The van der Waals surface area contributed by atoms with E-state index in [-0.39, 0.29) is 24.8 Å². The molecule has 9 heavy (non-hydrogen) atoms. The lowest BCUT2D eigenvalue weighted by atomic mass is 10.5. The summed E-state index contributed by atoms with van der Waals surface area (Å²) in [5.41, 5.74) is 0. The average molecular weight is 172 g/mol. The molecule has 0 rings (SSSR count). The summed E-state index contributed by atoms with van der Waals surface area (Å²) < 4.78 is 0.976. The minimum atomic E-state index is 0. The summed E-state index contributed by atoms with van der Waals surface area (Å²) in [4.78, 5) is 0. The van der Waals surface area contributed by atoms with Crippen molar-refractivity contribution >= 4 is 12.4 Å². The Morgan fingerprint density at radius 1 is 1.33 bits per heavy atom. The fourth-order valence-electron chi connectivity index (χ4n) is 0.387. The van der Waals surface area contributed by atoms with Gasteiger partial charge in [0.1, 0.15) is 0 Å². The molecule has 0 heterocycles. The summed E-state index contributed by atoms with van der Waals surface area (Å²) in [6.07, 6.45) is 1.93. The molecular weight excluding hydrogens is 157 g/mol. The van der Waals surface area contributed by atoms with E-state index in [4.69, 9.17) is 0 Å². The summed E-state index contributed by atoms with van der Waals surface area (Å²) >= 11 is 0. The molecule has 0 saturated carbocycles. The number of nitrogens with zero attached hydrogens (tertiary/aromatic N) is 1. The first-order chi connectivity index (χ1) is 3.06. The summed E-state index contributed by atoms with van der Waals surface area (Å²) in [6, 6.07) is 0. The second kappa shape index (κ2) is 6.40. The molecule has 0 bridgehead atoms. The van der Waals surface area contributed by atoms with Gasteiger partial charge in [-0.25, -0.2) is 0 Å². The van der Waals surface area contributed by atoms with E-state index in [9.17, 15) is 0 Å². The third-order valence-electron chi connectivity index (χ3n) is 0.677. The highest BCUT2D eigenvalue weighted by Crippen LogP contribution is 1.86. The molecule has 0 aromatic rings. The van der Waals surface area contributed by atoms with Crippen LogP contribution in [0.3, 0.4) is 0 Å². The first-order valence-electron chi connectivity index (χ1n) is 2.47. The van der Waals surface area contributed by atoms with Gasteiger partial charge in [-0.1, -0.05) is 6.58 Å². The smallest absolute Gasteiger partial charge is 0.0964 e. The lowest BCUT2D eigenvalue weighted by molar-refractivity contribution is -0.864. The topological polar surface area (TPSA) is 0 Å². The molecule has 0 unspecified atom stereocenters. The van der Waals surface area contributed by atoms with Crippen LogP contribution in [0.15, 0.2) is 12.7 Å². The second-order valence-electron chi connectivity index (χ2n) is 2.76. The molecule has 0 fully saturated rings. The average Bonchev–Trinajstić information content (AvgIpc) is 1.30. The van der Waals surface area contributed by atoms with Crippen molar-refractivity contribution in [3.05, 3.63) is 12.7 Å². The highest BCUT2D eigenvalue weighted by Gasteiger charge is 1.99. The Morgan fingerprint density at radius 3 is 1.67 bits per heavy atom. The van der Waals surface area contributed by atoms with Gasteiger partial charge >= 0.3 is 0 Å². The van der Waals surface area contributed by atoms with E-state index in [1.807, 2.05) is 6.08 Å². The fourth-order valence-corrected chi connectivity index (χ4v) is 0.387. The van der Waals surface area contributed by atoms with Gasteiger partial charge < -0.3 is 16.9 Å². The van der Waals surface area contributed by atoms with Crippen LogP contribution in [0.1, 0.15) is 0 Å². The van der Waals surface area contributed by atoms with E-state index in [1.54, 1.807) is 0 Å². The Kier molecular flexibility index (Phi) is 11.5. The lowest BCUT2D eigenvalue weighted by Crippen LogP contribution is -3.00. The molecule has 0 aromatic heterocycles. The predicted molar refractivity (Wildman–Crippen MR) is 40.3 cm³/mol. The van der Waals surface area contributed by atoms with E-state index < -0.39 is 0 Å². The monoisotopic (exact) mass is 171 g/mol. The predicted octanol–water partition coefficient (Wildman–Crippen LogP) is -1.70. The van der Waals surface area contributed by atoms with Gasteiger partial charge in [0.05, 0.1) is 27.7 Å². The summed E-state index contributed by atoms with van der Waals surface area (Å²) in [5, 5.41) is 0. The molecule has 0 saturated heterocycles. The maximum Gasteiger partial charge on any atom is 0.0964 e. The van der Waals surface area contributed by atoms with Crippen LogP contribution in [0.25, 0.3) is 0 Å². The van der Waals surface area contributed by atoms with Crippen LogP contribution in [0.5, 0.6) is 0 Å². The molecule has 0 radical (unpaired) electrons. The molecule has 0 aliphatic carbocycles. The zero-order valence-corrected chi connectivity index (χ0v) is 7.80. The van der Waals surface area contributed by atoms with Gasteiger partial charge in [0.2, 0.25) is 0 Å². The number of rotatable bonds is 2. The largest absolute Gasteiger partial charge is 1.00 e. The first-order valence-corrected chi connectivity index (χ1v) is 2.47. The van der Waals surface area contributed by atoms with E-state index in [0.717, 1.165) is 11.0 Å². The molecule has 0 amide bonds. The van der Waals surface area contributed by atoms with Crippen LogP contribution >= 0.6 is 12.4 Å². The van der Waals surface area contributed by atoms with Gasteiger partial charge in [-0.2, -0.15) is 0 Å². The molecule has 1 nitrogen and oxygen atoms in total. The molecule has 3 heteroatoms. The van der Waals surface area contributed by atoms with Crippen LogP contribution in [-0.4, -0.2) is 32.2 Å². The Morgan fingerprint density at radius 2 is 1.67 bits per heavy atom. The first kappa shape index (κ1) is 16.1. The number of hydrogen-bond acceptors (Lipinski definition) is 0. The Labute approximate surface area is 70.2 Å². The molecule has 0 atom stereocenters. The van der Waals surface area contributed by atoms with Crippen LogP contribution in [0.2, 0.25) is 0 Å². The van der Waals surface area contributed by atoms with Crippen molar-refractivity contribution in [1.82, 2.24) is 0 Å². The normalized spacial score (nSPS) is 8.78. The third-order valence-corrected chi connectivity index (χ3v) is 0.677. The van der Waals surface area contributed by atoms with Gasteiger partial charge in [0.25, 0.3) is 0 Å². The summed E-state index contributed by atoms with van der Waals surface area (Å²) in [5.74, 6) is 0. The van der Waals surface area contributed by atoms with Gasteiger partial charge in [0.15, 0.2) is 0 Å². The highest BCUT2D eigenvalue weighted by molar-refractivity contribution is 5.85. The van der Waals surface area contributed by atoms with E-state index in [1.165, 1.54) is 0 Å². The number of likely N-dealkylation sites (N-methyl/N-ethyl adjacent to an activating group) is 1. The van der Waals surface area contributed by atoms with Crippen molar-refractivity contribution in [3.8, 4) is 0 Å². The third kappa shape index (κ3) is 17.8. The van der Waals surface area contributed by atoms with E-state index >= 15 is 0 Å². The van der Waals surface area contributed by atoms with Crippen molar-refractivity contribution in [2.75, 3.05) is 27.7 Å². The van der Waals surface area contributed by atoms with Crippen molar-refractivity contribution in [2.45, 2.75) is 0 Å². The number of quaternary nitrogens is 1. The fraction of sp³-hybridized carbons (Fsp3) is 0.667. The van der Waals surface area contributed by atoms with Gasteiger partial charge in [-0.3, -0.25) is 0 Å². The SMILES string of the molecule is C=CC[N+](C)(C)C.Cl.[Cl-]. The molecular formula is C6H15Cl2N. The van der Waals surface area contributed by atoms with Gasteiger partial charge in [-0.15, -0.1) is 12.4 Å². The molecule has 0 aliphatic rings. The Bertz CT molecular complexity index is 65.9. The van der Waals surface area contributed by atoms with E-state index in [0.29, 0.717) is 0 Å². The molecule has 0 aromatic carbocycles. The van der Waals surface area contributed by atoms with E-state index in [2.05, 4.69) is 27.7 Å². The molecule has 58 valence electrons. The van der Waals surface area contributed by atoms with Crippen LogP contribution < -0.4 is 12.4 Å². The maximum atomic E-state index is 3.63. The molecule has 0 N–H and O–H groups in total. The quantitative estimate of drug-likeness (QED) is 0.344. The van der Waals surface area contributed by atoms with Crippen molar-refractivity contribution in [1.29, 1.82) is 0 Å². The maximum absolute atomic E-state index is 3.63. The van der Waals surface area contributed by atoms with Gasteiger partial charge in [-0.05, 0) is 6.08 Å². The second-order valence-corrected chi connectivity index (χ2v) is 2.76. The number of hydrogen-bond donors (Lipinski definition) is 0. The minimum absolute atomic E-state index is 0. The molecule has 0 spiro atoms. The highest BCUT2D eigenvalue weighted by atomic mass is 35.5. The lowest BCUT2D eigenvalue weighted by Gasteiger charge is -2.21. The summed E-state index contributed by atoms with van der Waals surface area (Å²) in [6.45, 7) is 4.67. The molecule has 0 aliphatic heterocycles. The Balaban J connectivity index is -0.000000180. The van der Waals surface area contributed by atoms with Crippen LogP contribution in [-0.2, 0) is 0 Å². The van der Waals surface area contributed by atoms with Crippen LogP contribution in [0.4, 0.5) is 0 Å². The van der Waals surface area contributed by atoms with Crippen molar-refractivity contribution in [2.24, 2.45) is 0 Å². The minimum Gasteiger partial charge on any atom is -1.00 e. The van der Waals surface area contributed by atoms with Crippen LogP contribution in [0, 0.1) is 0 Å². The van der Waals surface area contributed by atoms with Gasteiger partial charge in [0, 0.05) is 0 Å². The van der Waals surface area contributed by atoms with Crippen molar-refractivity contribution in [3.63, 3.8) is 0 Å². The standard InChI is InChI=1S/C6H14N.2ClH/c1-5-6-7(2,3)4;;/h5H,1,6H2,2-4H3;2*1H/q+1;;/p-1. The zero-order chi connectivity index (χ0) is 5.91. The summed E-state index contributed by atoms with van der Waals surface area (Å²) in [7, 11) is 6.42. The van der Waals surface area contributed by atoms with Crippen molar-refractivity contribution < 1.29 is 16.9 Å². The Hall–Kier alpha value is 0.280. The zero-order valence-electron chi connectivity index (χ0n) is 6.22.